The summed E-state index contributed by atoms with van der Waals surface area (Å²) in [6, 6.07) is 0. The second-order valence-electron chi connectivity index (χ2n) is 4.17. The zero-order chi connectivity index (χ0) is 9.42. The summed E-state index contributed by atoms with van der Waals surface area (Å²) >= 11 is 0. The lowest BCUT2D eigenvalue weighted by Crippen LogP contribution is -2.13. The molecule has 3 unspecified atom stereocenters. The van der Waals surface area contributed by atoms with Crippen molar-refractivity contribution in [3.63, 3.8) is 0 Å². The normalized spacial score (nSPS) is 28.8. The van der Waals surface area contributed by atoms with Gasteiger partial charge < -0.3 is 5.11 Å². The molecule has 0 spiro atoms. The van der Waals surface area contributed by atoms with Crippen molar-refractivity contribution in [3.8, 4) is 0 Å². The number of aromatic nitrogens is 2. The molecule has 1 aliphatic rings. The number of aliphatic hydroxyl groups is 1. The molecular weight excluding hydrogens is 164 g/mol. The number of nitrogens with zero attached hydrogens (tertiary/aromatic N) is 2. The first kappa shape index (κ1) is 8.75. The lowest BCUT2D eigenvalue weighted by atomic mass is 10.1. The van der Waals surface area contributed by atoms with Gasteiger partial charge in [0.05, 0.1) is 12.3 Å². The summed E-state index contributed by atoms with van der Waals surface area (Å²) < 4.78 is 1.78. The second kappa shape index (κ2) is 3.14. The molecule has 0 saturated heterocycles. The minimum Gasteiger partial charge on any atom is -0.392 e. The van der Waals surface area contributed by atoms with E-state index in [4.69, 9.17) is 0 Å². The fourth-order valence-corrected chi connectivity index (χ4v) is 1.86. The Kier molecular flexibility index (Phi) is 2.12. The molecule has 0 aromatic carbocycles. The first-order chi connectivity index (χ1) is 6.16. The smallest absolute Gasteiger partial charge is 0.0612 e. The Morgan fingerprint density at radius 1 is 1.77 bits per heavy atom. The molecule has 3 atom stereocenters. The van der Waals surface area contributed by atoms with E-state index in [0.29, 0.717) is 11.8 Å². The summed E-state index contributed by atoms with van der Waals surface area (Å²) in [6.07, 6.45) is 5.57. The van der Waals surface area contributed by atoms with Crippen molar-refractivity contribution >= 4 is 0 Å². The summed E-state index contributed by atoms with van der Waals surface area (Å²) in [4.78, 5) is 0. The topological polar surface area (TPSA) is 38.1 Å². The summed E-state index contributed by atoms with van der Waals surface area (Å²) in [7, 11) is 1.90. The Balaban J connectivity index is 1.91. The van der Waals surface area contributed by atoms with Crippen molar-refractivity contribution in [1.29, 1.82) is 0 Å². The fraction of sp³-hybridized carbons (Fsp3) is 0.700. The standard InChI is InChI=1S/C10H16N2O/c1-7-3-9(7)10(13)4-8-5-11-12(2)6-8/h5-7,9-10,13H,3-4H2,1-2H3. The van der Waals surface area contributed by atoms with Crippen LogP contribution in [0.3, 0.4) is 0 Å². The molecule has 1 N–H and O–H groups in total. The van der Waals surface area contributed by atoms with Crippen LogP contribution in [0.2, 0.25) is 0 Å². The third kappa shape index (κ3) is 1.91. The zero-order valence-electron chi connectivity index (χ0n) is 8.14. The number of aliphatic hydroxyl groups excluding tert-OH is 1. The molecule has 0 amide bonds. The lowest BCUT2D eigenvalue weighted by molar-refractivity contribution is 0.146. The summed E-state index contributed by atoms with van der Waals surface area (Å²) in [5, 5.41) is 13.9. The van der Waals surface area contributed by atoms with Crippen molar-refractivity contribution in [2.75, 3.05) is 0 Å². The average molecular weight is 180 g/mol. The van der Waals surface area contributed by atoms with E-state index >= 15 is 0 Å². The van der Waals surface area contributed by atoms with E-state index in [9.17, 15) is 5.11 Å². The Hall–Kier alpha value is -0.830. The highest BCUT2D eigenvalue weighted by molar-refractivity contribution is 5.07. The Labute approximate surface area is 78.4 Å². The van der Waals surface area contributed by atoms with Crippen molar-refractivity contribution in [3.05, 3.63) is 18.0 Å². The van der Waals surface area contributed by atoms with Crippen LogP contribution in [-0.4, -0.2) is 21.0 Å². The predicted octanol–water partition coefficient (Wildman–Crippen LogP) is 0.980. The van der Waals surface area contributed by atoms with Crippen molar-refractivity contribution in [2.45, 2.75) is 25.9 Å². The monoisotopic (exact) mass is 180 g/mol. The maximum atomic E-state index is 9.79. The van der Waals surface area contributed by atoms with Gasteiger partial charge in [-0.25, -0.2) is 0 Å². The van der Waals surface area contributed by atoms with Gasteiger partial charge in [0.25, 0.3) is 0 Å². The third-order valence-corrected chi connectivity index (χ3v) is 2.87. The molecule has 3 heteroatoms. The van der Waals surface area contributed by atoms with E-state index in [0.717, 1.165) is 12.0 Å². The van der Waals surface area contributed by atoms with Crippen LogP contribution in [-0.2, 0) is 13.5 Å². The maximum absolute atomic E-state index is 9.79. The lowest BCUT2D eigenvalue weighted by Gasteiger charge is -2.06. The Morgan fingerprint density at radius 2 is 2.46 bits per heavy atom. The third-order valence-electron chi connectivity index (χ3n) is 2.87. The molecule has 3 nitrogen and oxygen atoms in total. The van der Waals surface area contributed by atoms with Crippen LogP contribution in [0.4, 0.5) is 0 Å². The first-order valence-electron chi connectivity index (χ1n) is 4.82. The van der Waals surface area contributed by atoms with Gasteiger partial charge in [-0.15, -0.1) is 0 Å². The molecule has 1 aliphatic carbocycles. The van der Waals surface area contributed by atoms with Gasteiger partial charge in [0.2, 0.25) is 0 Å². The molecule has 13 heavy (non-hydrogen) atoms. The van der Waals surface area contributed by atoms with Crippen molar-refractivity contribution in [2.24, 2.45) is 18.9 Å². The van der Waals surface area contributed by atoms with E-state index in [1.165, 1.54) is 6.42 Å². The van der Waals surface area contributed by atoms with Crippen LogP contribution in [0.1, 0.15) is 18.9 Å². The number of hydrogen-bond acceptors (Lipinski definition) is 2. The second-order valence-corrected chi connectivity index (χ2v) is 4.17. The van der Waals surface area contributed by atoms with Crippen molar-refractivity contribution in [1.82, 2.24) is 9.78 Å². The summed E-state index contributed by atoms with van der Waals surface area (Å²) in [5.41, 5.74) is 1.13. The molecule has 1 saturated carbocycles. The van der Waals surface area contributed by atoms with E-state index in [2.05, 4.69) is 12.0 Å². The van der Waals surface area contributed by atoms with Crippen LogP contribution >= 0.6 is 0 Å². The predicted molar refractivity (Wildman–Crippen MR) is 50.2 cm³/mol. The average Bonchev–Trinajstić information content (AvgIpc) is 2.66. The van der Waals surface area contributed by atoms with Gasteiger partial charge in [-0.3, -0.25) is 4.68 Å². The highest BCUT2D eigenvalue weighted by atomic mass is 16.3. The number of rotatable bonds is 3. The largest absolute Gasteiger partial charge is 0.392 e. The SMILES string of the molecule is CC1CC1C(O)Cc1cnn(C)c1. The van der Waals surface area contributed by atoms with Gasteiger partial charge in [-0.1, -0.05) is 6.92 Å². The molecule has 1 aromatic heterocycles. The minimum atomic E-state index is -0.167. The summed E-state index contributed by atoms with van der Waals surface area (Å²) in [6.45, 7) is 2.19. The molecular formula is C10H16N2O. The van der Waals surface area contributed by atoms with Crippen LogP contribution < -0.4 is 0 Å². The van der Waals surface area contributed by atoms with Crippen LogP contribution in [0.15, 0.2) is 12.4 Å². The quantitative estimate of drug-likeness (QED) is 0.753. The van der Waals surface area contributed by atoms with E-state index in [-0.39, 0.29) is 6.10 Å². The Bertz CT molecular complexity index is 295. The first-order valence-corrected chi connectivity index (χ1v) is 4.82. The van der Waals surface area contributed by atoms with Gasteiger partial charge in [0, 0.05) is 19.7 Å². The van der Waals surface area contributed by atoms with Gasteiger partial charge in [-0.05, 0) is 23.8 Å². The minimum absolute atomic E-state index is 0.167. The number of aryl methyl sites for hydroxylation is 1. The molecule has 1 heterocycles. The van der Waals surface area contributed by atoms with E-state index in [1.807, 2.05) is 19.4 Å². The van der Waals surface area contributed by atoms with Crippen LogP contribution in [0, 0.1) is 11.8 Å². The van der Waals surface area contributed by atoms with Gasteiger partial charge in [0.15, 0.2) is 0 Å². The fourth-order valence-electron chi connectivity index (χ4n) is 1.86. The molecule has 1 fully saturated rings. The Morgan fingerprint density at radius 3 is 2.92 bits per heavy atom. The van der Waals surface area contributed by atoms with Crippen LogP contribution in [0.5, 0.6) is 0 Å². The van der Waals surface area contributed by atoms with Gasteiger partial charge in [-0.2, -0.15) is 5.10 Å². The highest BCUT2D eigenvalue weighted by Crippen LogP contribution is 2.41. The molecule has 0 radical (unpaired) electrons. The number of hydrogen-bond donors (Lipinski definition) is 1. The van der Waals surface area contributed by atoms with E-state index < -0.39 is 0 Å². The van der Waals surface area contributed by atoms with Gasteiger partial charge in [0.1, 0.15) is 0 Å². The molecule has 0 aliphatic heterocycles. The maximum Gasteiger partial charge on any atom is 0.0612 e. The molecule has 0 bridgehead atoms. The van der Waals surface area contributed by atoms with Gasteiger partial charge >= 0.3 is 0 Å². The highest BCUT2D eigenvalue weighted by Gasteiger charge is 2.38. The summed E-state index contributed by atoms with van der Waals surface area (Å²) in [5.74, 6) is 1.24. The molecule has 2 rings (SSSR count). The molecule has 1 aromatic rings. The van der Waals surface area contributed by atoms with Crippen molar-refractivity contribution < 1.29 is 5.11 Å². The zero-order valence-corrected chi connectivity index (χ0v) is 8.14. The van der Waals surface area contributed by atoms with E-state index in [1.54, 1.807) is 4.68 Å². The molecule has 72 valence electrons. The van der Waals surface area contributed by atoms with Crippen LogP contribution in [0.25, 0.3) is 0 Å².